The number of hydrogen-bond donors (Lipinski definition) is 1. The molecule has 1 aliphatic rings. The summed E-state index contributed by atoms with van der Waals surface area (Å²) in [5.41, 5.74) is -0.595. The van der Waals surface area contributed by atoms with Crippen LogP contribution in [-0.2, 0) is 25.4 Å². The lowest BCUT2D eigenvalue weighted by atomic mass is 9.79. The number of allylic oxidation sites excluding steroid dienone is 1. The third kappa shape index (κ3) is 5.08. The number of unbranched alkanes of at least 4 members (excludes halogenated alkanes) is 2. The molecule has 1 unspecified atom stereocenters. The van der Waals surface area contributed by atoms with E-state index in [1.165, 1.54) is 19.1 Å². The molecule has 28 heavy (non-hydrogen) atoms. The van der Waals surface area contributed by atoms with E-state index < -0.39 is 11.6 Å². The van der Waals surface area contributed by atoms with Crippen LogP contribution in [0, 0.1) is 0 Å². The zero-order valence-electron chi connectivity index (χ0n) is 16.6. The third-order valence-corrected chi connectivity index (χ3v) is 4.72. The van der Waals surface area contributed by atoms with Crippen molar-refractivity contribution in [2.24, 2.45) is 0 Å². The number of aromatic nitrogens is 1. The molecular weight excluding hydrogens is 364 g/mol. The predicted molar refractivity (Wildman–Crippen MR) is 103 cm³/mol. The van der Waals surface area contributed by atoms with Gasteiger partial charge in [-0.2, -0.15) is 0 Å². The minimum absolute atomic E-state index is 0.0669. The predicted octanol–water partition coefficient (Wildman–Crippen LogP) is 1.53. The number of hydrogen-bond acceptors (Lipinski definition) is 7. The number of carbonyl (C=O) groups excluding carboxylic acids is 1. The fourth-order valence-corrected chi connectivity index (χ4v) is 3.31. The Morgan fingerprint density at radius 2 is 2.18 bits per heavy atom. The van der Waals surface area contributed by atoms with Crippen molar-refractivity contribution >= 4 is 5.91 Å². The molecule has 1 N–H and O–H groups in total. The van der Waals surface area contributed by atoms with Crippen molar-refractivity contribution in [1.29, 1.82) is 0 Å². The zero-order valence-corrected chi connectivity index (χ0v) is 16.6. The van der Waals surface area contributed by atoms with Crippen LogP contribution in [0.15, 0.2) is 31.0 Å². The largest absolute Gasteiger partial charge is 0.493 e. The highest BCUT2D eigenvalue weighted by atomic mass is 16.7. The van der Waals surface area contributed by atoms with E-state index >= 15 is 0 Å². The van der Waals surface area contributed by atoms with Gasteiger partial charge in [-0.15, -0.1) is 6.58 Å². The fraction of sp³-hybridized carbons (Fsp3) is 0.600. The summed E-state index contributed by atoms with van der Waals surface area (Å²) in [6.45, 7) is 4.07. The van der Waals surface area contributed by atoms with Gasteiger partial charge in [0.25, 0.3) is 5.91 Å². The van der Waals surface area contributed by atoms with Crippen molar-refractivity contribution in [1.82, 2.24) is 9.88 Å². The van der Waals surface area contributed by atoms with E-state index in [2.05, 4.69) is 11.6 Å². The summed E-state index contributed by atoms with van der Waals surface area (Å²) in [6, 6.07) is 3.04. The van der Waals surface area contributed by atoms with Gasteiger partial charge in [0.1, 0.15) is 19.3 Å². The van der Waals surface area contributed by atoms with Crippen LogP contribution in [0.25, 0.3) is 0 Å². The number of methoxy groups -OCH3 is 2. The number of carbonyl (C=O) groups is 1. The van der Waals surface area contributed by atoms with Gasteiger partial charge in [-0.1, -0.05) is 6.08 Å². The SMILES string of the molecule is C=CCCCCOc1ccnc(C[C@]2(OCOC)C(=O)N(COC)C2CO)c1. The van der Waals surface area contributed by atoms with Crippen LogP contribution in [0.4, 0.5) is 0 Å². The molecule has 2 rings (SSSR count). The lowest BCUT2D eigenvalue weighted by molar-refractivity contribution is -0.237. The number of nitrogens with zero attached hydrogens (tertiary/aromatic N) is 2. The monoisotopic (exact) mass is 394 g/mol. The van der Waals surface area contributed by atoms with Crippen molar-refractivity contribution < 1.29 is 28.8 Å². The number of β-lactam (4-membered cyclic amide) rings is 1. The summed E-state index contributed by atoms with van der Waals surface area (Å²) in [5, 5.41) is 9.83. The Balaban J connectivity index is 2.09. The number of ether oxygens (including phenoxy) is 4. The molecule has 1 aliphatic heterocycles. The Morgan fingerprint density at radius 1 is 1.36 bits per heavy atom. The number of pyridine rings is 1. The van der Waals surface area contributed by atoms with Crippen LogP contribution in [0.3, 0.4) is 0 Å². The first-order chi connectivity index (χ1) is 13.6. The molecule has 0 aromatic carbocycles. The number of aliphatic hydroxyl groups is 1. The van der Waals surface area contributed by atoms with Crippen molar-refractivity contribution in [3.63, 3.8) is 0 Å². The number of likely N-dealkylation sites (tertiary alicyclic amines) is 1. The molecule has 156 valence electrons. The minimum atomic E-state index is -1.24. The molecule has 0 spiro atoms. The Morgan fingerprint density at radius 3 is 2.86 bits per heavy atom. The first-order valence-electron chi connectivity index (χ1n) is 9.35. The van der Waals surface area contributed by atoms with Crippen molar-refractivity contribution in [2.45, 2.75) is 37.3 Å². The standard InChI is InChI=1S/C20H30N2O6/c1-4-5-6-7-10-27-17-8-9-21-16(11-17)12-20(28-15-26-3)18(13-23)22(14-25-2)19(20)24/h4,8-9,11,18,23H,1,5-7,10,12-15H2,2-3H3/t18?,20-/m1/s1. The molecule has 0 bridgehead atoms. The molecule has 8 nitrogen and oxygen atoms in total. The van der Waals surface area contributed by atoms with Crippen LogP contribution >= 0.6 is 0 Å². The van der Waals surface area contributed by atoms with E-state index in [4.69, 9.17) is 18.9 Å². The Bertz CT molecular complexity index is 641. The van der Waals surface area contributed by atoms with E-state index in [0.717, 1.165) is 19.3 Å². The molecule has 0 saturated carbocycles. The third-order valence-electron chi connectivity index (χ3n) is 4.72. The average molecular weight is 394 g/mol. The summed E-state index contributed by atoms with van der Waals surface area (Å²) in [5.74, 6) is 0.426. The molecule has 1 saturated heterocycles. The molecule has 2 atom stereocenters. The van der Waals surface area contributed by atoms with E-state index in [-0.39, 0.29) is 32.5 Å². The van der Waals surface area contributed by atoms with Gasteiger partial charge in [0.05, 0.1) is 19.3 Å². The maximum atomic E-state index is 12.8. The van der Waals surface area contributed by atoms with Crippen LogP contribution in [0.2, 0.25) is 0 Å². The molecule has 2 heterocycles. The highest BCUT2D eigenvalue weighted by Gasteiger charge is 2.62. The lowest BCUT2D eigenvalue weighted by Gasteiger charge is -2.54. The van der Waals surface area contributed by atoms with Crippen LogP contribution in [-0.4, -0.2) is 73.5 Å². The van der Waals surface area contributed by atoms with Gasteiger partial charge in [0.2, 0.25) is 0 Å². The van der Waals surface area contributed by atoms with Gasteiger partial charge in [0.15, 0.2) is 5.60 Å². The second-order valence-electron chi connectivity index (χ2n) is 6.62. The van der Waals surface area contributed by atoms with Gasteiger partial charge >= 0.3 is 0 Å². The van der Waals surface area contributed by atoms with Crippen LogP contribution in [0.1, 0.15) is 25.0 Å². The fourth-order valence-electron chi connectivity index (χ4n) is 3.31. The second-order valence-corrected chi connectivity index (χ2v) is 6.62. The highest BCUT2D eigenvalue weighted by Crippen LogP contribution is 2.37. The second kappa shape index (κ2) is 11.1. The molecular formula is C20H30N2O6. The number of amides is 1. The van der Waals surface area contributed by atoms with Crippen molar-refractivity contribution in [3.05, 3.63) is 36.7 Å². The lowest BCUT2D eigenvalue weighted by Crippen LogP contribution is -2.77. The summed E-state index contributed by atoms with van der Waals surface area (Å²) in [7, 11) is 2.98. The molecule has 8 heteroatoms. The van der Waals surface area contributed by atoms with E-state index in [1.807, 2.05) is 6.08 Å². The van der Waals surface area contributed by atoms with Crippen LogP contribution in [0.5, 0.6) is 5.75 Å². The first kappa shape index (κ1) is 22.3. The highest BCUT2D eigenvalue weighted by molar-refractivity contribution is 5.93. The minimum Gasteiger partial charge on any atom is -0.493 e. The van der Waals surface area contributed by atoms with Crippen LogP contribution < -0.4 is 4.74 Å². The van der Waals surface area contributed by atoms with Crippen molar-refractivity contribution in [2.75, 3.05) is 41.0 Å². The summed E-state index contributed by atoms with van der Waals surface area (Å²) in [4.78, 5) is 18.6. The van der Waals surface area contributed by atoms with Gasteiger partial charge in [-0.3, -0.25) is 9.78 Å². The zero-order chi connectivity index (χ0) is 20.4. The summed E-state index contributed by atoms with van der Waals surface area (Å²) >= 11 is 0. The number of aliphatic hydroxyl groups excluding tert-OH is 1. The summed E-state index contributed by atoms with van der Waals surface area (Å²) < 4.78 is 21.6. The van der Waals surface area contributed by atoms with E-state index in [1.54, 1.807) is 18.3 Å². The van der Waals surface area contributed by atoms with E-state index in [9.17, 15) is 9.90 Å². The maximum absolute atomic E-state index is 12.8. The molecule has 1 amide bonds. The van der Waals surface area contributed by atoms with Gasteiger partial charge in [-0.25, -0.2) is 0 Å². The first-order valence-corrected chi connectivity index (χ1v) is 9.35. The molecule has 1 aromatic heterocycles. The quantitative estimate of drug-likeness (QED) is 0.221. The molecule has 0 radical (unpaired) electrons. The van der Waals surface area contributed by atoms with Gasteiger partial charge in [0, 0.05) is 38.6 Å². The molecule has 0 aliphatic carbocycles. The molecule has 1 fully saturated rings. The Labute approximate surface area is 166 Å². The Kier molecular flexibility index (Phi) is 8.85. The Hall–Kier alpha value is -2.00. The van der Waals surface area contributed by atoms with Crippen molar-refractivity contribution in [3.8, 4) is 5.75 Å². The number of rotatable bonds is 14. The smallest absolute Gasteiger partial charge is 0.259 e. The maximum Gasteiger partial charge on any atom is 0.259 e. The average Bonchev–Trinajstić information content (AvgIpc) is 2.71. The topological polar surface area (TPSA) is 90.4 Å². The summed E-state index contributed by atoms with van der Waals surface area (Å²) in [6.07, 6.45) is 6.66. The van der Waals surface area contributed by atoms with Gasteiger partial charge < -0.3 is 29.0 Å². The van der Waals surface area contributed by atoms with Gasteiger partial charge in [-0.05, 0) is 25.3 Å². The van der Waals surface area contributed by atoms with E-state index in [0.29, 0.717) is 18.1 Å². The molecule has 1 aromatic rings. The normalized spacial score (nSPS) is 21.5.